The summed E-state index contributed by atoms with van der Waals surface area (Å²) in [6, 6.07) is 2.07. The third kappa shape index (κ3) is 3.48. The lowest BCUT2D eigenvalue weighted by Gasteiger charge is -2.23. The molecule has 1 unspecified atom stereocenters. The molecule has 1 heterocycles. The molecule has 0 aliphatic rings. The second-order valence-electron chi connectivity index (χ2n) is 4.59. The van der Waals surface area contributed by atoms with Gasteiger partial charge in [0.05, 0.1) is 11.5 Å². The van der Waals surface area contributed by atoms with Crippen molar-refractivity contribution in [3.05, 3.63) is 16.0 Å². The van der Waals surface area contributed by atoms with E-state index in [1.165, 1.54) is 23.2 Å². The molecule has 1 aromatic rings. The maximum atomic E-state index is 11.0. The van der Waals surface area contributed by atoms with E-state index in [1.54, 1.807) is 6.92 Å². The molecule has 0 fully saturated rings. The molecule has 20 heavy (non-hydrogen) atoms. The van der Waals surface area contributed by atoms with Gasteiger partial charge in [0.25, 0.3) is 0 Å². The van der Waals surface area contributed by atoms with Gasteiger partial charge in [0.1, 0.15) is 17.6 Å². The maximum Gasteiger partial charge on any atom is 0.323 e. The molecule has 0 aliphatic heterocycles. The Bertz CT molecular complexity index is 574. The Kier molecular flexibility index (Phi) is 5.11. The van der Waals surface area contributed by atoms with Crippen LogP contribution in [0.4, 0.5) is 5.00 Å². The normalized spacial score (nSPS) is 11.7. The summed E-state index contributed by atoms with van der Waals surface area (Å²) in [6.45, 7) is 4.88. The molecular formula is C13H16N2O4S. The van der Waals surface area contributed by atoms with Gasteiger partial charge in [0, 0.05) is 11.4 Å². The summed E-state index contributed by atoms with van der Waals surface area (Å²) in [5.41, 5.74) is 1.23. The van der Waals surface area contributed by atoms with Crippen molar-refractivity contribution in [3.63, 3.8) is 0 Å². The Morgan fingerprint density at radius 3 is 2.45 bits per heavy atom. The van der Waals surface area contributed by atoms with Gasteiger partial charge in [0.2, 0.25) is 0 Å². The first-order valence-electron chi connectivity index (χ1n) is 5.97. The first-order chi connectivity index (χ1) is 9.27. The molecule has 0 bridgehead atoms. The van der Waals surface area contributed by atoms with E-state index in [1.807, 2.05) is 6.92 Å². The molecule has 0 saturated heterocycles. The fraction of sp³-hybridized carbons (Fsp3) is 0.462. The fourth-order valence-electron chi connectivity index (χ4n) is 1.75. The fourth-order valence-corrected chi connectivity index (χ4v) is 2.87. The Morgan fingerprint density at radius 1 is 1.40 bits per heavy atom. The van der Waals surface area contributed by atoms with Crippen LogP contribution in [0.15, 0.2) is 0 Å². The molecule has 0 aromatic carbocycles. The second kappa shape index (κ2) is 6.39. The van der Waals surface area contributed by atoms with Crippen molar-refractivity contribution in [2.45, 2.75) is 20.8 Å². The first kappa shape index (κ1) is 16.0. The largest absolute Gasteiger partial charge is 0.481 e. The van der Waals surface area contributed by atoms with E-state index >= 15 is 0 Å². The molecule has 7 heteroatoms. The van der Waals surface area contributed by atoms with Gasteiger partial charge in [-0.2, -0.15) is 5.26 Å². The van der Waals surface area contributed by atoms with Crippen LogP contribution < -0.4 is 4.90 Å². The number of hydrogen-bond acceptors (Lipinski definition) is 5. The quantitative estimate of drug-likeness (QED) is 0.830. The molecule has 2 N–H and O–H groups in total. The number of carbonyl (C=O) groups is 2. The molecule has 0 spiro atoms. The smallest absolute Gasteiger partial charge is 0.323 e. The summed E-state index contributed by atoms with van der Waals surface area (Å²) in [4.78, 5) is 24.3. The van der Waals surface area contributed by atoms with E-state index < -0.39 is 17.9 Å². The predicted octanol–water partition coefficient (Wildman–Crippen LogP) is 1.85. The van der Waals surface area contributed by atoms with Crippen molar-refractivity contribution >= 4 is 28.3 Å². The highest BCUT2D eigenvalue weighted by Gasteiger charge is 2.24. The van der Waals surface area contributed by atoms with Gasteiger partial charge < -0.3 is 15.1 Å². The maximum absolute atomic E-state index is 11.0. The molecule has 1 atom stereocenters. The standard InChI is InChI=1S/C13H16N2O4S/c1-7(13(18)19)5-15(6-11(16)17)12-10(4-14)8(2)9(3)20-12/h7H,5-6H2,1-3H3,(H,16,17)(H,18,19). The average Bonchev–Trinajstić information content (AvgIpc) is 2.63. The number of nitriles is 1. The number of hydrogen-bond donors (Lipinski definition) is 2. The molecular weight excluding hydrogens is 280 g/mol. The van der Waals surface area contributed by atoms with Crippen molar-refractivity contribution in [1.82, 2.24) is 0 Å². The van der Waals surface area contributed by atoms with Crippen LogP contribution >= 0.6 is 11.3 Å². The zero-order valence-electron chi connectivity index (χ0n) is 11.5. The summed E-state index contributed by atoms with van der Waals surface area (Å²) in [5, 5.41) is 27.7. The van der Waals surface area contributed by atoms with Crippen LogP contribution in [0.5, 0.6) is 0 Å². The zero-order valence-corrected chi connectivity index (χ0v) is 12.3. The van der Waals surface area contributed by atoms with Gasteiger partial charge in [-0.25, -0.2) is 0 Å². The zero-order chi connectivity index (χ0) is 15.4. The number of aliphatic carboxylic acids is 2. The van der Waals surface area contributed by atoms with E-state index in [4.69, 9.17) is 10.2 Å². The molecule has 108 valence electrons. The lowest BCUT2D eigenvalue weighted by atomic mass is 10.1. The van der Waals surface area contributed by atoms with Crippen molar-refractivity contribution in [2.75, 3.05) is 18.0 Å². The minimum Gasteiger partial charge on any atom is -0.481 e. The Morgan fingerprint density at radius 2 is 2.00 bits per heavy atom. The summed E-state index contributed by atoms with van der Waals surface area (Å²) in [6.07, 6.45) is 0. The van der Waals surface area contributed by atoms with Crippen molar-refractivity contribution in [2.24, 2.45) is 5.92 Å². The number of carboxylic acid groups (broad SMARTS) is 2. The Balaban J connectivity index is 3.17. The van der Waals surface area contributed by atoms with Crippen LogP contribution in [-0.2, 0) is 9.59 Å². The third-order valence-corrected chi connectivity index (χ3v) is 4.28. The highest BCUT2D eigenvalue weighted by atomic mass is 32.1. The SMILES string of the molecule is Cc1sc(N(CC(=O)O)CC(C)C(=O)O)c(C#N)c1C. The van der Waals surface area contributed by atoms with E-state index in [0.717, 1.165) is 10.4 Å². The average molecular weight is 296 g/mol. The summed E-state index contributed by atoms with van der Waals surface area (Å²) in [5.74, 6) is -2.78. The van der Waals surface area contributed by atoms with Crippen molar-refractivity contribution < 1.29 is 19.8 Å². The molecule has 0 radical (unpaired) electrons. The van der Waals surface area contributed by atoms with Crippen LogP contribution in [0.25, 0.3) is 0 Å². The van der Waals surface area contributed by atoms with E-state index in [0.29, 0.717) is 10.6 Å². The Labute approximate surface area is 120 Å². The number of aryl methyl sites for hydroxylation is 1. The molecule has 0 amide bonds. The number of thiophene rings is 1. The van der Waals surface area contributed by atoms with Gasteiger partial charge >= 0.3 is 11.9 Å². The minimum absolute atomic E-state index is 0.0513. The second-order valence-corrected chi connectivity index (χ2v) is 5.79. The van der Waals surface area contributed by atoms with Gasteiger partial charge in [0.15, 0.2) is 0 Å². The third-order valence-electron chi connectivity index (χ3n) is 3.01. The first-order valence-corrected chi connectivity index (χ1v) is 6.79. The highest BCUT2D eigenvalue weighted by molar-refractivity contribution is 7.16. The van der Waals surface area contributed by atoms with Gasteiger partial charge in [-0.3, -0.25) is 9.59 Å². The van der Waals surface area contributed by atoms with Crippen LogP contribution in [-0.4, -0.2) is 35.2 Å². The van der Waals surface area contributed by atoms with E-state index in [9.17, 15) is 14.9 Å². The molecule has 1 rings (SSSR count). The van der Waals surface area contributed by atoms with Crippen LogP contribution in [0.3, 0.4) is 0 Å². The van der Waals surface area contributed by atoms with Crippen LogP contribution in [0.2, 0.25) is 0 Å². The summed E-state index contributed by atoms with van der Waals surface area (Å²) in [7, 11) is 0. The van der Waals surface area contributed by atoms with Gasteiger partial charge in [-0.15, -0.1) is 11.3 Å². The molecule has 0 saturated carbocycles. The Hall–Kier alpha value is -2.07. The topological polar surface area (TPSA) is 102 Å². The monoisotopic (exact) mass is 296 g/mol. The summed E-state index contributed by atoms with van der Waals surface area (Å²) < 4.78 is 0. The van der Waals surface area contributed by atoms with Gasteiger partial charge in [-0.05, 0) is 19.4 Å². The van der Waals surface area contributed by atoms with Crippen LogP contribution in [0, 0.1) is 31.1 Å². The van der Waals surface area contributed by atoms with Crippen molar-refractivity contribution in [1.29, 1.82) is 5.26 Å². The summed E-state index contributed by atoms with van der Waals surface area (Å²) >= 11 is 1.32. The predicted molar refractivity (Wildman–Crippen MR) is 75.2 cm³/mol. The van der Waals surface area contributed by atoms with E-state index in [-0.39, 0.29) is 13.1 Å². The number of nitrogens with zero attached hydrogens (tertiary/aromatic N) is 2. The number of anilines is 1. The highest BCUT2D eigenvalue weighted by Crippen LogP contribution is 2.35. The van der Waals surface area contributed by atoms with E-state index in [2.05, 4.69) is 6.07 Å². The lowest BCUT2D eigenvalue weighted by molar-refractivity contribution is -0.141. The lowest BCUT2D eigenvalue weighted by Crippen LogP contribution is -2.35. The minimum atomic E-state index is -1.06. The molecule has 0 aliphatic carbocycles. The van der Waals surface area contributed by atoms with Crippen LogP contribution in [0.1, 0.15) is 22.9 Å². The van der Waals surface area contributed by atoms with Gasteiger partial charge in [-0.1, -0.05) is 6.92 Å². The number of rotatable bonds is 6. The number of carboxylic acids is 2. The molecule has 1 aromatic heterocycles. The molecule has 6 nitrogen and oxygen atoms in total. The van der Waals surface area contributed by atoms with Crippen molar-refractivity contribution in [3.8, 4) is 6.07 Å².